The predicted molar refractivity (Wildman–Crippen MR) is 112 cm³/mol. The van der Waals surface area contributed by atoms with E-state index in [-0.39, 0.29) is 5.91 Å². The normalized spacial score (nSPS) is 13.9. The second-order valence-electron chi connectivity index (χ2n) is 6.66. The van der Waals surface area contributed by atoms with Gasteiger partial charge in [-0.1, -0.05) is 39.2 Å². The molecule has 1 aromatic carbocycles. The molecule has 0 bridgehead atoms. The lowest BCUT2D eigenvalue weighted by molar-refractivity contribution is -0.116. The number of rotatable bonds is 8. The van der Waals surface area contributed by atoms with Gasteiger partial charge in [-0.25, -0.2) is 0 Å². The maximum absolute atomic E-state index is 11.9. The van der Waals surface area contributed by atoms with Crippen molar-refractivity contribution in [2.45, 2.75) is 39.5 Å². The Morgan fingerprint density at radius 1 is 1.22 bits per heavy atom. The highest BCUT2D eigenvalue weighted by molar-refractivity contribution is 7.80. The van der Waals surface area contributed by atoms with Gasteiger partial charge in [0, 0.05) is 12.6 Å². The first-order chi connectivity index (χ1) is 13.1. The molecule has 0 spiro atoms. The van der Waals surface area contributed by atoms with E-state index in [2.05, 4.69) is 30.0 Å². The van der Waals surface area contributed by atoms with Gasteiger partial charge >= 0.3 is 0 Å². The van der Waals surface area contributed by atoms with Crippen molar-refractivity contribution in [3.8, 4) is 11.5 Å². The Balaban J connectivity index is 1.68. The second-order valence-corrected chi connectivity index (χ2v) is 7.07. The molecule has 1 amide bonds. The molecule has 1 heterocycles. The monoisotopic (exact) mass is 391 g/mol. The molecule has 3 N–H and O–H groups in total. The number of benzene rings is 1. The van der Waals surface area contributed by atoms with Crippen molar-refractivity contribution < 1.29 is 14.3 Å². The number of carbonyl (C=O) groups excluding carboxylic acids is 1. The van der Waals surface area contributed by atoms with Crippen molar-refractivity contribution in [2.75, 3.05) is 19.8 Å². The van der Waals surface area contributed by atoms with Crippen LogP contribution in [0.4, 0.5) is 0 Å². The van der Waals surface area contributed by atoms with Crippen LogP contribution in [0.1, 0.15) is 45.1 Å². The van der Waals surface area contributed by atoms with Crippen molar-refractivity contribution >= 4 is 29.3 Å². The predicted octanol–water partition coefficient (Wildman–Crippen LogP) is 3.18. The average molecular weight is 392 g/mol. The maximum Gasteiger partial charge on any atom is 0.262 e. The molecule has 1 aliphatic heterocycles. The van der Waals surface area contributed by atoms with E-state index in [1.165, 1.54) is 31.8 Å². The van der Waals surface area contributed by atoms with Gasteiger partial charge in [0.1, 0.15) is 13.2 Å². The molecule has 0 radical (unpaired) electrons. The standard InChI is InChI=1S/C20H29N3O3S/c1-3-4-5-6-15(2)14-21-20(27)23-22-19(24)10-8-16-7-9-17-18(13-16)26-12-11-25-17/h7-10,13,15H,3-6,11-12,14H2,1-2H3,(H,22,24)(H2,21,23,27)/b10-8+/t15-/m0/s1. The lowest BCUT2D eigenvalue weighted by atomic mass is 10.0. The third kappa shape index (κ3) is 7.86. The molecule has 0 saturated heterocycles. The van der Waals surface area contributed by atoms with Gasteiger partial charge < -0.3 is 14.8 Å². The minimum atomic E-state index is -0.287. The van der Waals surface area contributed by atoms with E-state index in [0.717, 1.165) is 17.9 Å². The van der Waals surface area contributed by atoms with Crippen LogP contribution in [0.5, 0.6) is 11.5 Å². The number of fused-ring (bicyclic) bond motifs is 1. The van der Waals surface area contributed by atoms with Crippen molar-refractivity contribution in [1.29, 1.82) is 0 Å². The highest BCUT2D eigenvalue weighted by Crippen LogP contribution is 2.31. The van der Waals surface area contributed by atoms with Gasteiger partial charge in [-0.05, 0) is 48.3 Å². The molecule has 0 saturated carbocycles. The number of unbranched alkanes of at least 4 members (excludes halogenated alkanes) is 2. The average Bonchev–Trinajstić information content (AvgIpc) is 2.69. The number of nitrogens with one attached hydrogen (secondary N) is 3. The lowest BCUT2D eigenvalue weighted by Gasteiger charge is -2.18. The molecule has 0 unspecified atom stereocenters. The van der Waals surface area contributed by atoms with Gasteiger partial charge in [0.25, 0.3) is 5.91 Å². The van der Waals surface area contributed by atoms with Crippen molar-refractivity contribution in [1.82, 2.24) is 16.2 Å². The first-order valence-electron chi connectivity index (χ1n) is 9.50. The van der Waals surface area contributed by atoms with Gasteiger partial charge in [-0.3, -0.25) is 15.6 Å². The summed E-state index contributed by atoms with van der Waals surface area (Å²) in [4.78, 5) is 11.9. The first-order valence-corrected chi connectivity index (χ1v) is 9.91. The summed E-state index contributed by atoms with van der Waals surface area (Å²) in [6.45, 7) is 6.28. The van der Waals surface area contributed by atoms with Crippen molar-refractivity contribution in [2.24, 2.45) is 5.92 Å². The van der Waals surface area contributed by atoms with Gasteiger partial charge in [-0.15, -0.1) is 0 Å². The Kier molecular flexibility index (Phi) is 8.91. The molecular formula is C20H29N3O3S. The van der Waals surface area contributed by atoms with Gasteiger partial charge in [0.2, 0.25) is 0 Å². The Bertz CT molecular complexity index is 664. The largest absolute Gasteiger partial charge is 0.486 e. The van der Waals surface area contributed by atoms with E-state index in [0.29, 0.717) is 30.0 Å². The van der Waals surface area contributed by atoms with Crippen LogP contribution < -0.4 is 25.6 Å². The summed E-state index contributed by atoms with van der Waals surface area (Å²) in [5.41, 5.74) is 6.13. The SMILES string of the molecule is CCCCC[C@H](C)CNC(=S)NNC(=O)/C=C/c1ccc2c(c1)OCCO2. The number of thiocarbonyl (C=S) groups is 1. The van der Waals surface area contributed by atoms with Gasteiger partial charge in [0.05, 0.1) is 0 Å². The molecule has 148 valence electrons. The summed E-state index contributed by atoms with van der Waals surface area (Å²) < 4.78 is 11.0. The smallest absolute Gasteiger partial charge is 0.262 e. The molecule has 1 aromatic rings. The molecule has 27 heavy (non-hydrogen) atoms. The fourth-order valence-corrected chi connectivity index (χ4v) is 2.79. The van der Waals surface area contributed by atoms with Gasteiger partial charge in [0.15, 0.2) is 16.6 Å². The van der Waals surface area contributed by atoms with Crippen LogP contribution in [0, 0.1) is 5.92 Å². The Morgan fingerprint density at radius 3 is 2.78 bits per heavy atom. The number of hydrazine groups is 1. The van der Waals surface area contributed by atoms with Crippen molar-refractivity contribution in [3.05, 3.63) is 29.8 Å². The summed E-state index contributed by atoms with van der Waals surface area (Å²) in [6, 6.07) is 5.56. The van der Waals surface area contributed by atoms with E-state index >= 15 is 0 Å². The van der Waals surface area contributed by atoms with Crippen LogP contribution in [-0.2, 0) is 4.79 Å². The van der Waals surface area contributed by atoms with Crippen LogP contribution in [0.15, 0.2) is 24.3 Å². The lowest BCUT2D eigenvalue weighted by Crippen LogP contribution is -2.47. The molecular weight excluding hydrogens is 362 g/mol. The number of hydrogen-bond donors (Lipinski definition) is 3. The zero-order chi connectivity index (χ0) is 19.5. The van der Waals surface area contributed by atoms with Crippen LogP contribution in [0.2, 0.25) is 0 Å². The number of hydrogen-bond acceptors (Lipinski definition) is 4. The fourth-order valence-electron chi connectivity index (χ4n) is 2.65. The molecule has 1 atom stereocenters. The number of carbonyl (C=O) groups is 1. The van der Waals surface area contributed by atoms with E-state index in [1.54, 1.807) is 6.08 Å². The Hall–Kier alpha value is -2.28. The van der Waals surface area contributed by atoms with Crippen LogP contribution >= 0.6 is 12.2 Å². The first kappa shape index (κ1) is 21.0. The van der Waals surface area contributed by atoms with E-state index in [1.807, 2.05) is 18.2 Å². The summed E-state index contributed by atoms with van der Waals surface area (Å²) in [7, 11) is 0. The highest BCUT2D eigenvalue weighted by atomic mass is 32.1. The zero-order valence-electron chi connectivity index (χ0n) is 16.0. The Labute approximate surface area is 166 Å². The molecule has 0 fully saturated rings. The maximum atomic E-state index is 11.9. The van der Waals surface area contributed by atoms with Crippen LogP contribution in [-0.4, -0.2) is 30.8 Å². The Morgan fingerprint density at radius 2 is 2.00 bits per heavy atom. The summed E-state index contributed by atoms with van der Waals surface area (Å²) in [5.74, 6) is 1.68. The van der Waals surface area contributed by atoms with Crippen molar-refractivity contribution in [3.63, 3.8) is 0 Å². The third-order valence-corrected chi connectivity index (χ3v) is 4.45. The van der Waals surface area contributed by atoms with Crippen LogP contribution in [0.3, 0.4) is 0 Å². The topological polar surface area (TPSA) is 71.6 Å². The summed E-state index contributed by atoms with van der Waals surface area (Å²) in [6.07, 6.45) is 8.05. The molecule has 0 aromatic heterocycles. The number of ether oxygens (including phenoxy) is 2. The third-order valence-electron chi connectivity index (χ3n) is 4.20. The van der Waals surface area contributed by atoms with E-state index < -0.39 is 0 Å². The van der Waals surface area contributed by atoms with Gasteiger partial charge in [-0.2, -0.15) is 0 Å². The molecule has 7 heteroatoms. The van der Waals surface area contributed by atoms with E-state index in [9.17, 15) is 4.79 Å². The summed E-state index contributed by atoms with van der Waals surface area (Å²) in [5, 5.41) is 3.54. The molecule has 1 aliphatic rings. The minimum absolute atomic E-state index is 0.287. The van der Waals surface area contributed by atoms with Crippen LogP contribution in [0.25, 0.3) is 6.08 Å². The molecule has 2 rings (SSSR count). The zero-order valence-corrected chi connectivity index (χ0v) is 16.9. The quantitative estimate of drug-likeness (QED) is 0.274. The molecule has 0 aliphatic carbocycles. The molecule has 6 nitrogen and oxygen atoms in total. The minimum Gasteiger partial charge on any atom is -0.486 e. The highest BCUT2D eigenvalue weighted by Gasteiger charge is 2.10. The fraction of sp³-hybridized carbons (Fsp3) is 0.500. The number of amides is 1. The second kappa shape index (κ2) is 11.4. The summed E-state index contributed by atoms with van der Waals surface area (Å²) >= 11 is 5.18. The van der Waals surface area contributed by atoms with E-state index in [4.69, 9.17) is 21.7 Å².